The van der Waals surface area contributed by atoms with Gasteiger partial charge in [-0.3, -0.25) is 0 Å². The van der Waals surface area contributed by atoms with E-state index in [0.717, 1.165) is 17.1 Å². The van der Waals surface area contributed by atoms with Crippen LogP contribution in [0.15, 0.2) is 35.2 Å². The highest BCUT2D eigenvalue weighted by atomic mass is 32.2. The highest BCUT2D eigenvalue weighted by molar-refractivity contribution is 7.90. The van der Waals surface area contributed by atoms with E-state index >= 15 is 0 Å². The van der Waals surface area contributed by atoms with Crippen LogP contribution in [-0.2, 0) is 21.8 Å². The van der Waals surface area contributed by atoms with Gasteiger partial charge in [0.15, 0.2) is 9.84 Å². The Bertz CT molecular complexity index is 738. The summed E-state index contributed by atoms with van der Waals surface area (Å²) in [6.07, 6.45) is 1.20. The standard InChI is InChI=1S/C15H21N3O2S/c1-15(2,3)14-9-11(10-16)17-18(14)12-5-7-13(8-6-12)21(4,19)20/h5-9H,10,16H2,1-4H3. The predicted molar refractivity (Wildman–Crippen MR) is 83.3 cm³/mol. The fourth-order valence-electron chi connectivity index (χ4n) is 2.10. The van der Waals surface area contributed by atoms with E-state index in [0.29, 0.717) is 11.4 Å². The predicted octanol–water partition coefficient (Wildman–Crippen LogP) is 2.03. The van der Waals surface area contributed by atoms with Gasteiger partial charge in [0, 0.05) is 23.9 Å². The molecule has 1 aromatic heterocycles. The first kappa shape index (κ1) is 15.7. The molecule has 0 aliphatic carbocycles. The first-order valence-electron chi connectivity index (χ1n) is 6.73. The molecule has 0 saturated carbocycles. The van der Waals surface area contributed by atoms with E-state index in [1.807, 2.05) is 10.7 Å². The van der Waals surface area contributed by atoms with Gasteiger partial charge < -0.3 is 5.73 Å². The SMILES string of the molecule is CC(C)(C)c1cc(CN)nn1-c1ccc(S(C)(=O)=O)cc1. The molecule has 0 aliphatic heterocycles. The van der Waals surface area contributed by atoms with Gasteiger partial charge in [-0.2, -0.15) is 5.10 Å². The fourth-order valence-corrected chi connectivity index (χ4v) is 2.73. The molecule has 21 heavy (non-hydrogen) atoms. The zero-order valence-electron chi connectivity index (χ0n) is 12.8. The number of aromatic nitrogens is 2. The summed E-state index contributed by atoms with van der Waals surface area (Å²) in [6, 6.07) is 8.71. The average molecular weight is 307 g/mol. The number of benzene rings is 1. The Balaban J connectivity index is 2.54. The van der Waals surface area contributed by atoms with Crippen LogP contribution in [0.4, 0.5) is 0 Å². The minimum absolute atomic E-state index is 0.0874. The van der Waals surface area contributed by atoms with Gasteiger partial charge in [-0.25, -0.2) is 13.1 Å². The fraction of sp³-hybridized carbons (Fsp3) is 0.400. The van der Waals surface area contributed by atoms with Crippen LogP contribution in [0, 0.1) is 0 Å². The van der Waals surface area contributed by atoms with Crippen molar-refractivity contribution in [2.24, 2.45) is 5.73 Å². The highest BCUT2D eigenvalue weighted by Gasteiger charge is 2.21. The molecule has 0 fully saturated rings. The molecule has 0 atom stereocenters. The maximum absolute atomic E-state index is 11.5. The van der Waals surface area contributed by atoms with E-state index in [9.17, 15) is 8.42 Å². The summed E-state index contributed by atoms with van der Waals surface area (Å²) in [4.78, 5) is 0.301. The maximum Gasteiger partial charge on any atom is 0.175 e. The molecule has 6 heteroatoms. The van der Waals surface area contributed by atoms with E-state index in [1.54, 1.807) is 24.3 Å². The molecule has 1 aromatic carbocycles. The van der Waals surface area contributed by atoms with Gasteiger partial charge in [0.1, 0.15) is 0 Å². The van der Waals surface area contributed by atoms with Gasteiger partial charge in [-0.15, -0.1) is 0 Å². The first-order valence-corrected chi connectivity index (χ1v) is 8.62. The number of rotatable bonds is 3. The van der Waals surface area contributed by atoms with Crippen molar-refractivity contribution in [3.8, 4) is 5.69 Å². The van der Waals surface area contributed by atoms with E-state index in [1.165, 1.54) is 6.26 Å². The third-order valence-electron chi connectivity index (χ3n) is 3.25. The summed E-state index contributed by atoms with van der Waals surface area (Å²) in [5.41, 5.74) is 8.27. The molecule has 0 unspecified atom stereocenters. The Hall–Kier alpha value is -1.66. The second-order valence-electron chi connectivity index (χ2n) is 6.15. The molecule has 0 amide bonds. The van der Waals surface area contributed by atoms with Crippen molar-refractivity contribution in [3.63, 3.8) is 0 Å². The van der Waals surface area contributed by atoms with Crippen LogP contribution in [0.5, 0.6) is 0 Å². The molecular formula is C15H21N3O2S. The van der Waals surface area contributed by atoms with Crippen molar-refractivity contribution in [2.75, 3.05) is 6.26 Å². The van der Waals surface area contributed by atoms with Gasteiger partial charge in [0.25, 0.3) is 0 Å². The Kier molecular flexibility index (Phi) is 3.95. The second-order valence-corrected chi connectivity index (χ2v) is 8.17. The van der Waals surface area contributed by atoms with Crippen LogP contribution in [0.3, 0.4) is 0 Å². The van der Waals surface area contributed by atoms with Gasteiger partial charge >= 0.3 is 0 Å². The smallest absolute Gasteiger partial charge is 0.175 e. The second kappa shape index (κ2) is 5.27. The number of sulfone groups is 1. The van der Waals surface area contributed by atoms with Crippen molar-refractivity contribution >= 4 is 9.84 Å². The lowest BCUT2D eigenvalue weighted by Gasteiger charge is -2.20. The Morgan fingerprint density at radius 1 is 1.19 bits per heavy atom. The van der Waals surface area contributed by atoms with Crippen molar-refractivity contribution in [1.29, 1.82) is 0 Å². The maximum atomic E-state index is 11.5. The quantitative estimate of drug-likeness (QED) is 0.941. The highest BCUT2D eigenvalue weighted by Crippen LogP contribution is 2.26. The van der Waals surface area contributed by atoms with Crippen LogP contribution >= 0.6 is 0 Å². The van der Waals surface area contributed by atoms with Crippen molar-refractivity contribution < 1.29 is 8.42 Å². The monoisotopic (exact) mass is 307 g/mol. The van der Waals surface area contributed by atoms with E-state index in [2.05, 4.69) is 25.9 Å². The zero-order valence-corrected chi connectivity index (χ0v) is 13.6. The lowest BCUT2D eigenvalue weighted by molar-refractivity contribution is 0.543. The van der Waals surface area contributed by atoms with Crippen LogP contribution in [-0.4, -0.2) is 24.5 Å². The summed E-state index contributed by atoms with van der Waals surface area (Å²) in [7, 11) is -3.19. The molecular weight excluding hydrogens is 286 g/mol. The van der Waals surface area contributed by atoms with E-state index < -0.39 is 9.84 Å². The molecule has 2 aromatic rings. The van der Waals surface area contributed by atoms with Crippen LogP contribution in [0.2, 0.25) is 0 Å². The topological polar surface area (TPSA) is 78.0 Å². The number of nitrogens with zero attached hydrogens (tertiary/aromatic N) is 2. The van der Waals surface area contributed by atoms with Crippen molar-refractivity contribution in [3.05, 3.63) is 41.7 Å². The van der Waals surface area contributed by atoms with Crippen molar-refractivity contribution in [1.82, 2.24) is 9.78 Å². The normalized spacial score (nSPS) is 12.6. The molecule has 0 aliphatic rings. The molecule has 2 N–H and O–H groups in total. The summed E-state index contributed by atoms with van der Waals surface area (Å²) in [6.45, 7) is 6.68. The molecule has 0 bridgehead atoms. The molecule has 0 spiro atoms. The molecule has 1 heterocycles. The largest absolute Gasteiger partial charge is 0.325 e. The van der Waals surface area contributed by atoms with Crippen molar-refractivity contribution in [2.45, 2.75) is 37.6 Å². The van der Waals surface area contributed by atoms with Crippen LogP contribution in [0.1, 0.15) is 32.2 Å². The number of nitrogens with two attached hydrogens (primary N) is 1. The third-order valence-corrected chi connectivity index (χ3v) is 4.38. The molecule has 114 valence electrons. The summed E-state index contributed by atoms with van der Waals surface area (Å²) in [5, 5.41) is 4.50. The lowest BCUT2D eigenvalue weighted by atomic mass is 9.91. The van der Waals surface area contributed by atoms with Crippen LogP contribution < -0.4 is 5.73 Å². The Labute approximate surface area is 125 Å². The minimum Gasteiger partial charge on any atom is -0.325 e. The molecule has 2 rings (SSSR count). The summed E-state index contributed by atoms with van der Waals surface area (Å²) < 4.78 is 24.9. The zero-order chi connectivity index (χ0) is 15.8. The lowest BCUT2D eigenvalue weighted by Crippen LogP contribution is -2.17. The van der Waals surface area contributed by atoms with Gasteiger partial charge in [0.2, 0.25) is 0 Å². The summed E-state index contributed by atoms with van der Waals surface area (Å²) in [5.74, 6) is 0. The van der Waals surface area contributed by atoms with Gasteiger partial charge in [-0.05, 0) is 30.3 Å². The number of hydrogen-bond acceptors (Lipinski definition) is 4. The van der Waals surface area contributed by atoms with Gasteiger partial charge in [0.05, 0.1) is 16.3 Å². The van der Waals surface area contributed by atoms with E-state index in [-0.39, 0.29) is 5.41 Å². The minimum atomic E-state index is -3.19. The van der Waals surface area contributed by atoms with Crippen LogP contribution in [0.25, 0.3) is 5.69 Å². The molecule has 0 saturated heterocycles. The Morgan fingerprint density at radius 3 is 2.19 bits per heavy atom. The number of hydrogen-bond donors (Lipinski definition) is 1. The van der Waals surface area contributed by atoms with E-state index in [4.69, 9.17) is 5.73 Å². The average Bonchev–Trinajstić information content (AvgIpc) is 2.82. The third kappa shape index (κ3) is 3.33. The summed E-state index contributed by atoms with van der Waals surface area (Å²) >= 11 is 0. The molecule has 5 nitrogen and oxygen atoms in total. The van der Waals surface area contributed by atoms with Gasteiger partial charge in [-0.1, -0.05) is 20.8 Å². The Morgan fingerprint density at radius 2 is 1.76 bits per heavy atom. The first-order chi connectivity index (χ1) is 9.63. The molecule has 0 radical (unpaired) electrons.